The van der Waals surface area contributed by atoms with Crippen LogP contribution in [0.5, 0.6) is 0 Å². The lowest BCUT2D eigenvalue weighted by Crippen LogP contribution is -2.53. The summed E-state index contributed by atoms with van der Waals surface area (Å²) in [6.45, 7) is 3.76. The summed E-state index contributed by atoms with van der Waals surface area (Å²) in [7, 11) is -4.10. The number of amides is 2. The molecule has 7 nitrogen and oxygen atoms in total. The number of nitrogens with one attached hydrogen (secondary N) is 1. The molecule has 0 unspecified atom stereocenters. The molecule has 0 spiro atoms. The summed E-state index contributed by atoms with van der Waals surface area (Å²) in [5.74, 6) is -0.782. The standard InChI is InChI=1S/C33H35N3O4S/c1-3-34-33(38)31(23-27-15-7-4-8-16-27)35(24-28-17-9-5-10-18-28)32(37)25-36(29-19-13-14-26(2)22-29)41(39,40)30-20-11-6-12-21-30/h4-22,31H,3,23-25H2,1-2H3,(H,34,38)/t31-/m0/s1. The molecule has 0 heterocycles. The van der Waals surface area contributed by atoms with Crippen molar-refractivity contribution in [2.45, 2.75) is 37.8 Å². The number of carbonyl (C=O) groups excluding carboxylic acids is 2. The average molecular weight is 570 g/mol. The molecule has 4 rings (SSSR count). The first-order valence-corrected chi connectivity index (χ1v) is 15.0. The minimum absolute atomic E-state index is 0.0773. The lowest BCUT2D eigenvalue weighted by atomic mass is 10.0. The number of rotatable bonds is 12. The topological polar surface area (TPSA) is 86.8 Å². The van der Waals surface area contributed by atoms with Crippen molar-refractivity contribution in [3.63, 3.8) is 0 Å². The van der Waals surface area contributed by atoms with Crippen LogP contribution in [-0.4, -0.2) is 44.3 Å². The molecular weight excluding hydrogens is 534 g/mol. The van der Waals surface area contributed by atoms with Crippen LogP contribution in [0.2, 0.25) is 0 Å². The van der Waals surface area contributed by atoms with Crippen molar-refractivity contribution in [3.05, 3.63) is 132 Å². The summed E-state index contributed by atoms with van der Waals surface area (Å²) < 4.78 is 29.0. The molecule has 4 aromatic rings. The van der Waals surface area contributed by atoms with Crippen LogP contribution in [-0.2, 0) is 32.6 Å². The quantitative estimate of drug-likeness (QED) is 0.261. The number of aryl methyl sites for hydroxylation is 1. The van der Waals surface area contributed by atoms with E-state index < -0.39 is 28.5 Å². The Bertz CT molecular complexity index is 1550. The van der Waals surface area contributed by atoms with Crippen LogP contribution in [0.25, 0.3) is 0 Å². The molecule has 212 valence electrons. The first-order valence-electron chi connectivity index (χ1n) is 13.6. The number of hydrogen-bond donors (Lipinski definition) is 1. The van der Waals surface area contributed by atoms with Crippen LogP contribution in [0.3, 0.4) is 0 Å². The van der Waals surface area contributed by atoms with E-state index in [2.05, 4.69) is 5.32 Å². The van der Waals surface area contributed by atoms with Gasteiger partial charge in [0.25, 0.3) is 10.0 Å². The molecule has 1 atom stereocenters. The zero-order valence-corrected chi connectivity index (χ0v) is 24.1. The maximum atomic E-state index is 14.3. The van der Waals surface area contributed by atoms with Crippen molar-refractivity contribution in [1.29, 1.82) is 0 Å². The van der Waals surface area contributed by atoms with Gasteiger partial charge in [-0.3, -0.25) is 13.9 Å². The summed E-state index contributed by atoms with van der Waals surface area (Å²) in [5.41, 5.74) is 2.95. The molecule has 4 aromatic carbocycles. The van der Waals surface area contributed by atoms with Crippen molar-refractivity contribution >= 4 is 27.5 Å². The van der Waals surface area contributed by atoms with Gasteiger partial charge in [0.1, 0.15) is 12.6 Å². The smallest absolute Gasteiger partial charge is 0.264 e. The maximum Gasteiger partial charge on any atom is 0.264 e. The zero-order chi connectivity index (χ0) is 29.2. The van der Waals surface area contributed by atoms with Gasteiger partial charge in [0.2, 0.25) is 11.8 Å². The Kier molecular flexibility index (Phi) is 9.92. The molecule has 0 saturated heterocycles. The lowest BCUT2D eigenvalue weighted by Gasteiger charge is -2.34. The van der Waals surface area contributed by atoms with Crippen LogP contribution in [0.1, 0.15) is 23.6 Å². The predicted octanol–water partition coefficient (Wildman–Crippen LogP) is 4.97. The van der Waals surface area contributed by atoms with Gasteiger partial charge in [-0.25, -0.2) is 8.42 Å². The molecule has 0 bridgehead atoms. The van der Waals surface area contributed by atoms with Gasteiger partial charge in [-0.1, -0.05) is 91.0 Å². The zero-order valence-electron chi connectivity index (χ0n) is 23.3. The third kappa shape index (κ3) is 7.61. The Morgan fingerprint density at radius 2 is 1.37 bits per heavy atom. The van der Waals surface area contributed by atoms with Gasteiger partial charge in [0.05, 0.1) is 10.6 Å². The van der Waals surface area contributed by atoms with Crippen molar-refractivity contribution in [1.82, 2.24) is 10.2 Å². The Hall–Kier alpha value is -4.43. The molecule has 2 amide bonds. The molecule has 0 aliphatic heterocycles. The molecule has 0 fully saturated rings. The van der Waals surface area contributed by atoms with Crippen LogP contribution < -0.4 is 9.62 Å². The Balaban J connectivity index is 1.78. The van der Waals surface area contributed by atoms with Crippen molar-refractivity contribution < 1.29 is 18.0 Å². The van der Waals surface area contributed by atoms with Crippen LogP contribution in [0, 0.1) is 6.92 Å². The molecule has 0 aliphatic rings. The molecule has 0 aliphatic carbocycles. The Morgan fingerprint density at radius 1 is 0.780 bits per heavy atom. The number of nitrogens with zero attached hydrogens (tertiary/aromatic N) is 2. The monoisotopic (exact) mass is 569 g/mol. The van der Waals surface area contributed by atoms with Crippen LogP contribution in [0.4, 0.5) is 5.69 Å². The van der Waals surface area contributed by atoms with Crippen molar-refractivity contribution in [3.8, 4) is 0 Å². The lowest BCUT2D eigenvalue weighted by molar-refractivity contribution is -0.140. The third-order valence-electron chi connectivity index (χ3n) is 6.72. The summed E-state index contributed by atoms with van der Waals surface area (Å²) >= 11 is 0. The van der Waals surface area contributed by atoms with Crippen LogP contribution in [0.15, 0.2) is 120 Å². The van der Waals surface area contributed by atoms with Crippen LogP contribution >= 0.6 is 0 Å². The van der Waals surface area contributed by atoms with Gasteiger partial charge >= 0.3 is 0 Å². The highest BCUT2D eigenvalue weighted by Crippen LogP contribution is 2.25. The molecule has 8 heteroatoms. The minimum atomic E-state index is -4.10. The SMILES string of the molecule is CCNC(=O)[C@H](Cc1ccccc1)N(Cc1ccccc1)C(=O)CN(c1cccc(C)c1)S(=O)(=O)c1ccccc1. The van der Waals surface area contributed by atoms with Gasteiger partial charge in [-0.15, -0.1) is 0 Å². The average Bonchev–Trinajstić information content (AvgIpc) is 2.99. The predicted molar refractivity (Wildman–Crippen MR) is 162 cm³/mol. The van der Waals surface area contributed by atoms with Gasteiger partial charge < -0.3 is 10.2 Å². The van der Waals surface area contributed by atoms with Crippen molar-refractivity contribution in [2.24, 2.45) is 0 Å². The number of anilines is 1. The maximum absolute atomic E-state index is 14.3. The Labute approximate surface area is 242 Å². The number of hydrogen-bond acceptors (Lipinski definition) is 4. The fourth-order valence-corrected chi connectivity index (χ4v) is 6.08. The number of likely N-dealkylation sites (N-methyl/N-ethyl adjacent to an activating group) is 1. The number of carbonyl (C=O) groups is 2. The molecule has 0 aromatic heterocycles. The first-order chi connectivity index (χ1) is 19.8. The molecule has 41 heavy (non-hydrogen) atoms. The molecule has 0 radical (unpaired) electrons. The normalized spacial score (nSPS) is 11.9. The number of benzene rings is 4. The third-order valence-corrected chi connectivity index (χ3v) is 8.51. The van der Waals surface area contributed by atoms with Crippen molar-refractivity contribution in [2.75, 3.05) is 17.4 Å². The van der Waals surface area contributed by atoms with Gasteiger partial charge in [-0.2, -0.15) is 0 Å². The van der Waals surface area contributed by atoms with E-state index in [4.69, 9.17) is 0 Å². The summed E-state index contributed by atoms with van der Waals surface area (Å²) in [6, 6.07) is 33.1. The van der Waals surface area contributed by atoms with E-state index in [1.165, 1.54) is 17.0 Å². The van der Waals surface area contributed by atoms with E-state index in [0.717, 1.165) is 21.0 Å². The van der Waals surface area contributed by atoms with Gasteiger partial charge in [0, 0.05) is 19.5 Å². The molecule has 0 saturated carbocycles. The van der Waals surface area contributed by atoms with E-state index in [1.54, 1.807) is 36.4 Å². The summed E-state index contributed by atoms with van der Waals surface area (Å²) in [4.78, 5) is 29.3. The second-order valence-corrected chi connectivity index (χ2v) is 11.6. The highest BCUT2D eigenvalue weighted by Gasteiger charge is 2.34. The van der Waals surface area contributed by atoms with Gasteiger partial charge in [0.15, 0.2) is 0 Å². The fraction of sp³-hybridized carbons (Fsp3) is 0.212. The number of sulfonamides is 1. The molecule has 1 N–H and O–H groups in total. The van der Waals surface area contributed by atoms with E-state index >= 15 is 0 Å². The highest BCUT2D eigenvalue weighted by atomic mass is 32.2. The first kappa shape index (κ1) is 29.6. The van der Waals surface area contributed by atoms with E-state index in [0.29, 0.717) is 12.2 Å². The van der Waals surface area contributed by atoms with Gasteiger partial charge in [-0.05, 0) is 54.8 Å². The fourth-order valence-electron chi connectivity index (χ4n) is 4.66. The Morgan fingerprint density at radius 3 is 1.95 bits per heavy atom. The highest BCUT2D eigenvalue weighted by molar-refractivity contribution is 7.92. The minimum Gasteiger partial charge on any atom is -0.355 e. The summed E-state index contributed by atoms with van der Waals surface area (Å²) in [5, 5.41) is 2.87. The van der Waals surface area contributed by atoms with E-state index in [9.17, 15) is 18.0 Å². The second kappa shape index (κ2) is 13.8. The van der Waals surface area contributed by atoms with E-state index in [1.807, 2.05) is 80.6 Å². The largest absolute Gasteiger partial charge is 0.355 e. The molecular formula is C33H35N3O4S. The second-order valence-electron chi connectivity index (χ2n) is 9.77. The summed E-state index contributed by atoms with van der Waals surface area (Å²) in [6.07, 6.45) is 0.279. The van der Waals surface area contributed by atoms with E-state index in [-0.39, 0.29) is 23.8 Å².